The van der Waals surface area contributed by atoms with Gasteiger partial charge in [0.2, 0.25) is 0 Å². The Morgan fingerprint density at radius 2 is 0.645 bits per heavy atom. The van der Waals surface area contributed by atoms with Gasteiger partial charge in [0.05, 0.1) is 5.69 Å². The third kappa shape index (κ3) is 6.29. The largest absolute Gasteiger partial charge is 0.310 e. The molecule has 0 aliphatic heterocycles. The molecule has 0 aromatic heterocycles. The van der Waals surface area contributed by atoms with Crippen LogP contribution < -0.4 is 14.7 Å². The van der Waals surface area contributed by atoms with Crippen molar-refractivity contribution in [1.82, 2.24) is 0 Å². The van der Waals surface area contributed by atoms with E-state index >= 15 is 0 Å². The van der Waals surface area contributed by atoms with Crippen LogP contribution in [0.5, 0.6) is 0 Å². The molecule has 296 valence electrons. The fraction of sp³-hybridized carbons (Fsp3) is 0.0508. The van der Waals surface area contributed by atoms with Gasteiger partial charge < -0.3 is 14.7 Å². The van der Waals surface area contributed by atoms with Crippen molar-refractivity contribution in [2.45, 2.75) is 19.3 Å². The fourth-order valence-corrected chi connectivity index (χ4v) is 9.86. The van der Waals surface area contributed by atoms with E-state index < -0.39 is 0 Å². The zero-order chi connectivity index (χ0) is 41.6. The van der Waals surface area contributed by atoms with E-state index in [0.29, 0.717) is 0 Å². The summed E-state index contributed by atoms with van der Waals surface area (Å²) in [7, 11) is 0. The number of benzene rings is 10. The van der Waals surface area contributed by atoms with E-state index in [1.54, 1.807) is 0 Å². The molecule has 3 heteroatoms. The summed E-state index contributed by atoms with van der Waals surface area (Å²) < 4.78 is 0. The van der Waals surface area contributed by atoms with E-state index in [1.807, 2.05) is 0 Å². The highest BCUT2D eigenvalue weighted by molar-refractivity contribution is 6.10. The summed E-state index contributed by atoms with van der Waals surface area (Å²) in [6, 6.07) is 85.6. The van der Waals surface area contributed by atoms with Crippen molar-refractivity contribution in [1.29, 1.82) is 0 Å². The molecule has 0 unspecified atom stereocenters. The van der Waals surface area contributed by atoms with E-state index in [4.69, 9.17) is 0 Å². The maximum atomic E-state index is 2.45. The van der Waals surface area contributed by atoms with Gasteiger partial charge >= 0.3 is 0 Å². The molecule has 0 fully saturated rings. The summed E-state index contributed by atoms with van der Waals surface area (Å²) in [5, 5.41) is 4.95. The Hall–Kier alpha value is -7.88. The molecule has 10 aromatic carbocycles. The summed E-state index contributed by atoms with van der Waals surface area (Å²) in [5.74, 6) is 0. The highest BCUT2D eigenvalue weighted by Crippen LogP contribution is 2.59. The van der Waals surface area contributed by atoms with Crippen LogP contribution in [-0.4, -0.2) is 0 Å². The number of fused-ring (bicyclic) bond motifs is 7. The molecule has 0 N–H and O–H groups in total. The van der Waals surface area contributed by atoms with Crippen LogP contribution in [0.15, 0.2) is 237 Å². The monoisotopic (exact) mass is 795 g/mol. The number of anilines is 9. The van der Waals surface area contributed by atoms with Gasteiger partial charge in [-0.05, 0) is 141 Å². The molecule has 10 aromatic rings. The van der Waals surface area contributed by atoms with Crippen molar-refractivity contribution < 1.29 is 0 Å². The molecule has 1 aliphatic rings. The molecule has 0 amide bonds. The van der Waals surface area contributed by atoms with Gasteiger partial charge in [-0.25, -0.2) is 0 Å². The van der Waals surface area contributed by atoms with Crippen LogP contribution in [-0.2, 0) is 5.41 Å². The van der Waals surface area contributed by atoms with Crippen LogP contribution >= 0.6 is 0 Å². The third-order valence-corrected chi connectivity index (χ3v) is 12.5. The van der Waals surface area contributed by atoms with Crippen molar-refractivity contribution >= 4 is 72.7 Å². The van der Waals surface area contributed by atoms with E-state index in [2.05, 4.69) is 265 Å². The van der Waals surface area contributed by atoms with Gasteiger partial charge in [0, 0.05) is 56.5 Å². The number of rotatable bonds is 9. The molecule has 0 radical (unpaired) electrons. The molecule has 0 spiro atoms. The molecule has 1 aliphatic carbocycles. The van der Waals surface area contributed by atoms with Gasteiger partial charge in [-0.1, -0.05) is 147 Å². The summed E-state index contributed by atoms with van der Waals surface area (Å²) in [6.45, 7) is 4.86. The molecule has 0 saturated heterocycles. The third-order valence-electron chi connectivity index (χ3n) is 12.5. The average Bonchev–Trinajstić information content (AvgIpc) is 3.58. The predicted octanol–water partition coefficient (Wildman–Crippen LogP) is 16.7. The molecular formula is C59H45N3. The quantitative estimate of drug-likeness (QED) is 0.144. The second-order valence-electron chi connectivity index (χ2n) is 16.6. The van der Waals surface area contributed by atoms with Crippen LogP contribution in [0.25, 0.3) is 32.7 Å². The zero-order valence-corrected chi connectivity index (χ0v) is 34.9. The fourth-order valence-electron chi connectivity index (χ4n) is 9.86. The second-order valence-corrected chi connectivity index (χ2v) is 16.6. The summed E-state index contributed by atoms with van der Waals surface area (Å²) in [5.41, 5.74) is 15.0. The lowest BCUT2D eigenvalue weighted by Crippen LogP contribution is -2.17. The topological polar surface area (TPSA) is 9.72 Å². The Morgan fingerprint density at radius 3 is 1.05 bits per heavy atom. The smallest absolute Gasteiger partial charge is 0.0549 e. The molecule has 0 atom stereocenters. The highest BCUT2D eigenvalue weighted by Gasteiger charge is 2.41. The first kappa shape index (κ1) is 37.1. The minimum atomic E-state index is -0.336. The Morgan fingerprint density at radius 1 is 0.290 bits per heavy atom. The lowest BCUT2D eigenvalue weighted by molar-refractivity contribution is 0.672. The van der Waals surface area contributed by atoms with Gasteiger partial charge in [0.25, 0.3) is 0 Å². The molecule has 3 nitrogen and oxygen atoms in total. The van der Waals surface area contributed by atoms with Crippen molar-refractivity contribution in [2.75, 3.05) is 14.7 Å². The predicted molar refractivity (Wildman–Crippen MR) is 263 cm³/mol. The minimum absolute atomic E-state index is 0.336. The first-order chi connectivity index (χ1) is 30.5. The van der Waals surface area contributed by atoms with Gasteiger partial charge in [-0.15, -0.1) is 0 Å². The molecule has 0 bridgehead atoms. The van der Waals surface area contributed by atoms with Crippen molar-refractivity contribution in [3.63, 3.8) is 0 Å². The summed E-state index contributed by atoms with van der Waals surface area (Å²) in [4.78, 5) is 7.16. The maximum absolute atomic E-state index is 2.45. The first-order valence-corrected chi connectivity index (χ1v) is 21.4. The van der Waals surface area contributed by atoms with Crippen LogP contribution in [0, 0.1) is 0 Å². The lowest BCUT2D eigenvalue weighted by atomic mass is 9.78. The maximum Gasteiger partial charge on any atom is 0.0549 e. The SMILES string of the molecule is CC1(C)c2c(ccc3cc(N(c4ccccc4)c4ccccc4)ccc23)-c2c(N(c3ccccc3)c3ccccc3)cc3cc(N(c4ccccc4)c4ccccc4)ccc3c21. The number of hydrogen-bond donors (Lipinski definition) is 0. The molecule has 62 heavy (non-hydrogen) atoms. The van der Waals surface area contributed by atoms with Crippen LogP contribution in [0.4, 0.5) is 51.2 Å². The second kappa shape index (κ2) is 15.3. The Bertz CT molecular complexity index is 3070. The number of nitrogens with zero attached hydrogens (tertiary/aromatic N) is 3. The standard InChI is InChI=1S/C59H45N3/c1-59(2)57-52-37-34-50(60(44-21-9-3-10-22-44)45-23-11-4-12-24-45)39-42(52)33-36-54(57)56-55(62(48-29-17-7-18-30-48)49-31-19-8-20-32-49)41-43-40-51(35-38-53(43)58(56)59)61(46-25-13-5-14-26-46)47-27-15-6-16-28-47/h3-41H,1-2H3. The van der Waals surface area contributed by atoms with Gasteiger partial charge in [-0.2, -0.15) is 0 Å². The van der Waals surface area contributed by atoms with Crippen LogP contribution in [0.2, 0.25) is 0 Å². The molecule has 0 saturated carbocycles. The van der Waals surface area contributed by atoms with Gasteiger partial charge in [-0.3, -0.25) is 0 Å². The normalized spacial score (nSPS) is 12.5. The van der Waals surface area contributed by atoms with Gasteiger partial charge in [0.1, 0.15) is 0 Å². The Labute approximate surface area is 364 Å². The number of hydrogen-bond acceptors (Lipinski definition) is 3. The molecule has 11 rings (SSSR count). The van der Waals surface area contributed by atoms with Crippen molar-refractivity contribution in [3.05, 3.63) is 248 Å². The van der Waals surface area contributed by atoms with Crippen LogP contribution in [0.3, 0.4) is 0 Å². The molecule has 0 heterocycles. The van der Waals surface area contributed by atoms with Crippen LogP contribution in [0.1, 0.15) is 25.0 Å². The van der Waals surface area contributed by atoms with E-state index in [9.17, 15) is 0 Å². The first-order valence-electron chi connectivity index (χ1n) is 21.4. The zero-order valence-electron chi connectivity index (χ0n) is 34.9. The average molecular weight is 796 g/mol. The van der Waals surface area contributed by atoms with Crippen molar-refractivity contribution in [3.8, 4) is 11.1 Å². The highest BCUT2D eigenvalue weighted by atomic mass is 15.2. The van der Waals surface area contributed by atoms with Gasteiger partial charge in [0.15, 0.2) is 0 Å². The Balaban J connectivity index is 1.16. The lowest BCUT2D eigenvalue weighted by Gasteiger charge is -2.31. The molecular weight excluding hydrogens is 751 g/mol. The summed E-state index contributed by atoms with van der Waals surface area (Å²) in [6.07, 6.45) is 0. The van der Waals surface area contributed by atoms with Crippen molar-refractivity contribution in [2.24, 2.45) is 0 Å². The Kier molecular flexibility index (Phi) is 9.17. The van der Waals surface area contributed by atoms with E-state index in [1.165, 1.54) is 43.8 Å². The summed E-state index contributed by atoms with van der Waals surface area (Å²) >= 11 is 0. The minimum Gasteiger partial charge on any atom is -0.310 e. The number of para-hydroxylation sites is 6. The van der Waals surface area contributed by atoms with E-state index in [-0.39, 0.29) is 5.41 Å². The van der Waals surface area contributed by atoms with E-state index in [0.717, 1.165) is 51.2 Å².